The van der Waals surface area contributed by atoms with E-state index in [9.17, 15) is 0 Å². The van der Waals surface area contributed by atoms with Crippen LogP contribution in [-0.2, 0) is 11.4 Å². The van der Waals surface area contributed by atoms with Gasteiger partial charge in [0.1, 0.15) is 0 Å². The minimum Gasteiger partial charge on any atom is -0.284 e. The number of hydrogen-bond donors (Lipinski definition) is 2. The first-order valence-corrected chi connectivity index (χ1v) is 2.60. The Balaban J connectivity index is -0.0000000542. The molecule has 0 unspecified atom stereocenters. The molecule has 0 atom stereocenters. The molecule has 4 heteroatoms. The maximum atomic E-state index is 8.67. The van der Waals surface area contributed by atoms with Gasteiger partial charge in [-0.1, -0.05) is 0 Å². The van der Waals surface area contributed by atoms with E-state index in [1.54, 1.807) is 0 Å². The van der Waals surface area contributed by atoms with Gasteiger partial charge < -0.3 is 0 Å². The molecule has 0 aliphatic carbocycles. The van der Waals surface area contributed by atoms with Crippen LogP contribution < -0.4 is 0 Å². The largest absolute Gasteiger partial charge is 0.299 e. The molecule has 0 aliphatic rings. The quantitative estimate of drug-likeness (QED) is 0.391. The molecular formula is C4H10O3S. The van der Waals surface area contributed by atoms with Crippen LogP contribution in [-0.4, -0.2) is 13.3 Å². The Bertz CT molecular complexity index is 49.2. The summed E-state index contributed by atoms with van der Waals surface area (Å²) in [7, 11) is 0. The molecule has 2 N–H and O–H groups in total. The molecular weight excluding hydrogens is 128 g/mol. The number of rotatable bonds is 0. The minimum absolute atomic E-state index is 2.61. The van der Waals surface area contributed by atoms with Crippen LogP contribution in [0.1, 0.15) is 0 Å². The minimum atomic E-state index is -2.61. The van der Waals surface area contributed by atoms with Gasteiger partial charge in [-0.05, 0) is 0 Å². The Morgan fingerprint density at radius 2 is 1.00 bits per heavy atom. The maximum Gasteiger partial charge on any atom is 0.299 e. The molecule has 0 amide bonds. The van der Waals surface area contributed by atoms with Gasteiger partial charge in [0.2, 0.25) is 0 Å². The van der Waals surface area contributed by atoms with Gasteiger partial charge in [-0.3, -0.25) is 9.11 Å². The SMILES string of the molecule is C=C.C=C.O=S(O)O. The van der Waals surface area contributed by atoms with Crippen LogP contribution in [0.5, 0.6) is 0 Å². The van der Waals surface area contributed by atoms with Gasteiger partial charge in [0.05, 0.1) is 0 Å². The lowest BCUT2D eigenvalue weighted by Gasteiger charge is -1.59. The third kappa shape index (κ3) is 567. The second-order valence-corrected chi connectivity index (χ2v) is 0.692. The van der Waals surface area contributed by atoms with Crippen molar-refractivity contribution in [2.75, 3.05) is 0 Å². The Morgan fingerprint density at radius 3 is 1.00 bits per heavy atom. The molecule has 0 fully saturated rings. The van der Waals surface area contributed by atoms with Crippen LogP contribution in [0.3, 0.4) is 0 Å². The van der Waals surface area contributed by atoms with Crippen molar-refractivity contribution in [1.82, 2.24) is 0 Å². The third-order valence-electron chi connectivity index (χ3n) is 0. The monoisotopic (exact) mass is 138 g/mol. The van der Waals surface area contributed by atoms with E-state index in [-0.39, 0.29) is 0 Å². The first-order chi connectivity index (χ1) is 3.73. The van der Waals surface area contributed by atoms with Crippen molar-refractivity contribution in [2.24, 2.45) is 0 Å². The second kappa shape index (κ2) is 31.0. The van der Waals surface area contributed by atoms with Crippen molar-refractivity contribution >= 4 is 11.4 Å². The summed E-state index contributed by atoms with van der Waals surface area (Å²) < 4.78 is 22.8. The second-order valence-electron chi connectivity index (χ2n) is 0.231. The molecule has 0 aromatic heterocycles. The van der Waals surface area contributed by atoms with Gasteiger partial charge in [-0.15, -0.1) is 26.3 Å². The summed E-state index contributed by atoms with van der Waals surface area (Å²) in [4.78, 5) is 0. The molecule has 0 heterocycles. The van der Waals surface area contributed by atoms with Gasteiger partial charge in [-0.2, -0.15) is 4.21 Å². The van der Waals surface area contributed by atoms with E-state index in [1.807, 2.05) is 0 Å². The average Bonchev–Trinajstić information content (AvgIpc) is 1.75. The van der Waals surface area contributed by atoms with Crippen molar-refractivity contribution in [3.05, 3.63) is 26.3 Å². The average molecular weight is 138 g/mol. The highest BCUT2D eigenvalue weighted by atomic mass is 32.2. The molecule has 8 heavy (non-hydrogen) atoms. The van der Waals surface area contributed by atoms with Crippen LogP contribution in [0, 0.1) is 0 Å². The topological polar surface area (TPSA) is 57.5 Å². The van der Waals surface area contributed by atoms with E-state index in [4.69, 9.17) is 13.3 Å². The molecule has 0 aromatic carbocycles. The normalized spacial score (nSPS) is 5.38. The highest BCUT2D eigenvalue weighted by Crippen LogP contribution is 1.44. The van der Waals surface area contributed by atoms with Crippen molar-refractivity contribution in [2.45, 2.75) is 0 Å². The van der Waals surface area contributed by atoms with Crippen molar-refractivity contribution in [1.29, 1.82) is 0 Å². The Kier molecular flexibility index (Phi) is 60.7. The lowest BCUT2D eigenvalue weighted by atomic mass is 11.3. The molecule has 0 saturated heterocycles. The van der Waals surface area contributed by atoms with Gasteiger partial charge in [0.15, 0.2) is 0 Å². The fourth-order valence-corrected chi connectivity index (χ4v) is 0. The number of hydrogen-bond acceptors (Lipinski definition) is 1. The predicted molar refractivity (Wildman–Crippen MR) is 35.9 cm³/mol. The fourth-order valence-electron chi connectivity index (χ4n) is 0. The Hall–Kier alpha value is -0.450. The molecule has 3 nitrogen and oxygen atoms in total. The molecule has 0 rings (SSSR count). The van der Waals surface area contributed by atoms with Gasteiger partial charge in [0, 0.05) is 0 Å². The highest BCUT2D eigenvalue weighted by molar-refractivity contribution is 7.73. The van der Waals surface area contributed by atoms with E-state index in [0.29, 0.717) is 0 Å². The van der Waals surface area contributed by atoms with Crippen molar-refractivity contribution in [3.63, 3.8) is 0 Å². The smallest absolute Gasteiger partial charge is 0.284 e. The molecule has 0 saturated carbocycles. The zero-order chi connectivity index (χ0) is 7.58. The van der Waals surface area contributed by atoms with Gasteiger partial charge in [-0.25, -0.2) is 0 Å². The van der Waals surface area contributed by atoms with Crippen molar-refractivity contribution < 1.29 is 13.3 Å². The van der Waals surface area contributed by atoms with Crippen LogP contribution in [0.25, 0.3) is 0 Å². The maximum absolute atomic E-state index is 8.67. The zero-order valence-electron chi connectivity index (χ0n) is 4.54. The summed E-state index contributed by atoms with van der Waals surface area (Å²) in [5.74, 6) is 0. The molecule has 0 spiro atoms. The Labute approximate surface area is 51.8 Å². The van der Waals surface area contributed by atoms with Crippen LogP contribution in [0.2, 0.25) is 0 Å². The van der Waals surface area contributed by atoms with Crippen LogP contribution in [0.4, 0.5) is 0 Å². The van der Waals surface area contributed by atoms with Crippen LogP contribution in [0.15, 0.2) is 26.3 Å². The van der Waals surface area contributed by atoms with E-state index in [2.05, 4.69) is 26.3 Å². The summed E-state index contributed by atoms with van der Waals surface area (Å²) in [5.41, 5.74) is 0. The van der Waals surface area contributed by atoms with Gasteiger partial charge in [0.25, 0.3) is 11.4 Å². The van der Waals surface area contributed by atoms with E-state index < -0.39 is 11.4 Å². The summed E-state index contributed by atoms with van der Waals surface area (Å²) in [6.07, 6.45) is 0. The van der Waals surface area contributed by atoms with E-state index in [1.165, 1.54) is 0 Å². The zero-order valence-corrected chi connectivity index (χ0v) is 5.36. The van der Waals surface area contributed by atoms with Crippen LogP contribution >= 0.6 is 0 Å². The Morgan fingerprint density at radius 1 is 1.00 bits per heavy atom. The molecule has 50 valence electrons. The van der Waals surface area contributed by atoms with Gasteiger partial charge >= 0.3 is 0 Å². The lowest BCUT2D eigenvalue weighted by molar-refractivity contribution is 0.454. The third-order valence-corrected chi connectivity index (χ3v) is 0. The summed E-state index contributed by atoms with van der Waals surface area (Å²) in [6.45, 7) is 12.0. The molecule has 0 aromatic rings. The summed E-state index contributed by atoms with van der Waals surface area (Å²) in [6, 6.07) is 0. The van der Waals surface area contributed by atoms with E-state index >= 15 is 0 Å². The lowest BCUT2D eigenvalue weighted by Crippen LogP contribution is -1.74. The van der Waals surface area contributed by atoms with E-state index in [0.717, 1.165) is 0 Å². The fraction of sp³-hybridized carbons (Fsp3) is 0. The predicted octanol–water partition coefficient (Wildman–Crippen LogP) is 1.29. The standard InChI is InChI=1S/2C2H4.H2O3S/c2*1-2;1-4(2)3/h2*1-2H2;(H2,1,2,3). The summed E-state index contributed by atoms with van der Waals surface area (Å²) >= 11 is -2.61. The molecule has 0 bridgehead atoms. The highest BCUT2D eigenvalue weighted by Gasteiger charge is 1.62. The van der Waals surface area contributed by atoms with Crippen molar-refractivity contribution in [3.8, 4) is 0 Å². The molecule has 0 radical (unpaired) electrons. The molecule has 0 aliphatic heterocycles. The first kappa shape index (κ1) is 15.6. The summed E-state index contributed by atoms with van der Waals surface area (Å²) in [5, 5.41) is 0. The first-order valence-electron chi connectivity index (χ1n) is 1.53.